The standard InChI is InChI=1S/C48H57F3N2O4S/c1-2-3-4-5-6-10-13-20-33-58(54,55)45-24-17-16-22-40(45)37-25-30-42-43(34-37)53-47(52-42)46-41-23-15-14-21-36(41)35-44(46)57-39-28-26-38(27-29-39)56-32-19-12-9-7-8-11-18-31-48(49,50)51/h14-17,21-30,34-35,46H,2-13,18-20,31-33H2,1H3,(H,52,53). The molecule has 1 aliphatic carbocycles. The summed E-state index contributed by atoms with van der Waals surface area (Å²) in [4.78, 5) is 8.93. The van der Waals surface area contributed by atoms with Gasteiger partial charge in [-0.25, -0.2) is 13.4 Å². The molecule has 6 rings (SSSR count). The molecule has 10 heteroatoms. The zero-order valence-corrected chi connectivity index (χ0v) is 34.5. The molecule has 1 N–H and O–H groups in total. The summed E-state index contributed by atoms with van der Waals surface area (Å²) in [5, 5.41) is 0. The van der Waals surface area contributed by atoms with Crippen LogP contribution in [0.25, 0.3) is 28.2 Å². The van der Waals surface area contributed by atoms with Gasteiger partial charge in [-0.1, -0.05) is 133 Å². The van der Waals surface area contributed by atoms with Gasteiger partial charge in [-0.05, 0) is 84.5 Å². The fourth-order valence-corrected chi connectivity index (χ4v) is 9.36. The number of imidazole rings is 1. The number of hydrogen-bond acceptors (Lipinski definition) is 5. The number of halogens is 3. The molecule has 0 bridgehead atoms. The Balaban J connectivity index is 1.07. The molecule has 0 radical (unpaired) electrons. The zero-order valence-electron chi connectivity index (χ0n) is 33.7. The molecule has 1 atom stereocenters. The maximum Gasteiger partial charge on any atom is 0.389 e. The zero-order chi connectivity index (χ0) is 40.8. The normalized spacial score (nSPS) is 14.1. The minimum absolute atomic E-state index is 0.144. The first-order chi connectivity index (χ1) is 28.1. The lowest BCUT2D eigenvalue weighted by Crippen LogP contribution is -2.08. The Hall–Kier alpha value is -4.57. The van der Waals surface area contributed by atoms with E-state index in [2.05, 4.69) is 24.0 Å². The Bertz CT molecular complexity index is 2190. The number of benzene rings is 4. The number of H-pyrrole nitrogens is 1. The highest BCUT2D eigenvalue weighted by Gasteiger charge is 2.31. The van der Waals surface area contributed by atoms with Crippen LogP contribution in [0.3, 0.4) is 0 Å². The average Bonchev–Trinajstić information content (AvgIpc) is 3.80. The molecule has 310 valence electrons. The molecule has 1 heterocycles. The summed E-state index contributed by atoms with van der Waals surface area (Å²) in [6.45, 7) is 2.79. The van der Waals surface area contributed by atoms with Gasteiger partial charge in [0.1, 0.15) is 29.0 Å². The van der Waals surface area contributed by atoms with Gasteiger partial charge in [-0.3, -0.25) is 0 Å². The first-order valence-electron chi connectivity index (χ1n) is 21.2. The van der Waals surface area contributed by atoms with Crippen LogP contribution in [0.1, 0.15) is 133 Å². The summed E-state index contributed by atoms with van der Waals surface area (Å²) < 4.78 is 76.6. The highest BCUT2D eigenvalue weighted by Crippen LogP contribution is 2.42. The number of sulfone groups is 1. The first-order valence-corrected chi connectivity index (χ1v) is 22.9. The van der Waals surface area contributed by atoms with Crippen molar-refractivity contribution in [3.8, 4) is 22.6 Å². The lowest BCUT2D eigenvalue weighted by molar-refractivity contribution is -0.135. The third-order valence-electron chi connectivity index (χ3n) is 10.9. The van der Waals surface area contributed by atoms with Crippen molar-refractivity contribution >= 4 is 26.9 Å². The monoisotopic (exact) mass is 814 g/mol. The molecule has 0 saturated heterocycles. The summed E-state index contributed by atoms with van der Waals surface area (Å²) in [6.07, 6.45) is 11.6. The number of nitrogens with one attached hydrogen (secondary N) is 1. The molecule has 0 fully saturated rings. The quantitative estimate of drug-likeness (QED) is 0.0628. The third-order valence-corrected chi connectivity index (χ3v) is 12.7. The lowest BCUT2D eigenvalue weighted by Gasteiger charge is -2.16. The van der Waals surface area contributed by atoms with Crippen LogP contribution < -0.4 is 9.47 Å². The topological polar surface area (TPSA) is 81.3 Å². The van der Waals surface area contributed by atoms with Crippen LogP contribution in [0.2, 0.25) is 0 Å². The van der Waals surface area contributed by atoms with E-state index >= 15 is 0 Å². The number of aromatic amines is 1. The Morgan fingerprint density at radius 1 is 0.707 bits per heavy atom. The predicted molar refractivity (Wildman–Crippen MR) is 228 cm³/mol. The molecule has 0 saturated carbocycles. The van der Waals surface area contributed by atoms with Crippen LogP contribution in [0.5, 0.6) is 11.5 Å². The van der Waals surface area contributed by atoms with Gasteiger partial charge in [0.05, 0.1) is 28.3 Å². The number of hydrogen-bond donors (Lipinski definition) is 1. The number of rotatable bonds is 24. The van der Waals surface area contributed by atoms with E-state index in [1.807, 2.05) is 72.8 Å². The minimum Gasteiger partial charge on any atom is -0.494 e. The molecular formula is C48H57F3N2O4S. The van der Waals surface area contributed by atoms with Crippen LogP contribution in [0.15, 0.2) is 102 Å². The van der Waals surface area contributed by atoms with Crippen LogP contribution in [-0.4, -0.2) is 36.9 Å². The maximum atomic E-state index is 13.6. The molecule has 5 aromatic rings. The SMILES string of the molecule is CCCCCCCCCCS(=O)(=O)c1ccccc1-c1ccc2nc(C3C(Oc4ccc(OCCCCCCCCCC(F)(F)F)cc4)=Cc4ccccc43)[nH]c2c1. The number of fused-ring (bicyclic) bond motifs is 2. The van der Waals surface area contributed by atoms with Crippen molar-refractivity contribution in [2.75, 3.05) is 12.4 Å². The second kappa shape index (κ2) is 20.9. The first kappa shape index (κ1) is 43.0. The average molecular weight is 815 g/mol. The van der Waals surface area contributed by atoms with E-state index in [4.69, 9.17) is 14.5 Å². The van der Waals surface area contributed by atoms with Crippen molar-refractivity contribution in [3.05, 3.63) is 114 Å². The number of unbranched alkanes of at least 4 members (excludes halogenated alkanes) is 13. The number of ether oxygens (including phenoxy) is 2. The maximum absolute atomic E-state index is 13.6. The Kier molecular flexibility index (Phi) is 15.5. The van der Waals surface area contributed by atoms with Crippen LogP contribution in [0.4, 0.5) is 13.2 Å². The second-order valence-corrected chi connectivity index (χ2v) is 17.6. The van der Waals surface area contributed by atoms with E-state index in [-0.39, 0.29) is 18.1 Å². The molecule has 0 aliphatic heterocycles. The number of alkyl halides is 3. The number of aromatic nitrogens is 2. The lowest BCUT2D eigenvalue weighted by atomic mass is 9.99. The molecular weight excluding hydrogens is 758 g/mol. The molecule has 4 aromatic carbocycles. The predicted octanol–water partition coefficient (Wildman–Crippen LogP) is 13.8. The smallest absolute Gasteiger partial charge is 0.389 e. The second-order valence-electron chi connectivity index (χ2n) is 15.5. The number of allylic oxidation sites excluding steroid dienone is 1. The summed E-state index contributed by atoms with van der Waals surface area (Å²) in [7, 11) is -3.47. The Morgan fingerprint density at radius 2 is 1.34 bits per heavy atom. The third kappa shape index (κ3) is 12.2. The van der Waals surface area contributed by atoms with Gasteiger partial charge in [0.25, 0.3) is 0 Å². The van der Waals surface area contributed by atoms with Gasteiger partial charge < -0.3 is 14.5 Å². The van der Waals surface area contributed by atoms with Crippen LogP contribution >= 0.6 is 0 Å². The molecule has 1 aliphatic rings. The van der Waals surface area contributed by atoms with Crippen molar-refractivity contribution < 1.29 is 31.1 Å². The fraction of sp³-hybridized carbons (Fsp3) is 0.438. The molecule has 1 aromatic heterocycles. The van der Waals surface area contributed by atoms with E-state index in [1.165, 1.54) is 25.7 Å². The summed E-state index contributed by atoms with van der Waals surface area (Å²) in [5.41, 5.74) is 5.24. The minimum atomic E-state index is -4.05. The van der Waals surface area contributed by atoms with E-state index < -0.39 is 22.4 Å². The molecule has 0 amide bonds. The van der Waals surface area contributed by atoms with E-state index in [9.17, 15) is 21.6 Å². The van der Waals surface area contributed by atoms with Gasteiger partial charge in [-0.2, -0.15) is 13.2 Å². The fourth-order valence-electron chi connectivity index (χ4n) is 7.75. The largest absolute Gasteiger partial charge is 0.494 e. The van der Waals surface area contributed by atoms with Gasteiger partial charge in [0, 0.05) is 12.0 Å². The summed E-state index contributed by atoms with van der Waals surface area (Å²) >= 11 is 0. The van der Waals surface area contributed by atoms with E-state index in [0.29, 0.717) is 35.7 Å². The van der Waals surface area contributed by atoms with Crippen molar-refractivity contribution in [3.63, 3.8) is 0 Å². The van der Waals surface area contributed by atoms with E-state index in [1.54, 1.807) is 12.1 Å². The van der Waals surface area contributed by atoms with Gasteiger partial charge in [-0.15, -0.1) is 0 Å². The van der Waals surface area contributed by atoms with Gasteiger partial charge in [0.15, 0.2) is 9.84 Å². The van der Waals surface area contributed by atoms with Gasteiger partial charge in [0.2, 0.25) is 0 Å². The molecule has 58 heavy (non-hydrogen) atoms. The van der Waals surface area contributed by atoms with Crippen molar-refractivity contribution in [1.82, 2.24) is 9.97 Å². The highest BCUT2D eigenvalue weighted by atomic mass is 32.2. The molecule has 6 nitrogen and oxygen atoms in total. The van der Waals surface area contributed by atoms with Crippen molar-refractivity contribution in [1.29, 1.82) is 0 Å². The van der Waals surface area contributed by atoms with Crippen LogP contribution in [-0.2, 0) is 9.84 Å². The highest BCUT2D eigenvalue weighted by molar-refractivity contribution is 7.91. The number of nitrogens with zero attached hydrogens (tertiary/aromatic N) is 1. The van der Waals surface area contributed by atoms with Crippen molar-refractivity contribution in [2.45, 2.75) is 127 Å². The molecule has 1 unspecified atom stereocenters. The van der Waals surface area contributed by atoms with Crippen molar-refractivity contribution in [2.24, 2.45) is 0 Å². The van der Waals surface area contributed by atoms with Gasteiger partial charge >= 0.3 is 6.18 Å². The van der Waals surface area contributed by atoms with E-state index in [0.717, 1.165) is 96.4 Å². The van der Waals surface area contributed by atoms with Crippen LogP contribution in [0, 0.1) is 0 Å². The Labute approximate surface area is 342 Å². The molecule has 0 spiro atoms. The summed E-state index contributed by atoms with van der Waals surface area (Å²) in [5.74, 6) is 2.77. The Morgan fingerprint density at radius 3 is 2.09 bits per heavy atom. The summed E-state index contributed by atoms with van der Waals surface area (Å²) in [6, 6.07) is 28.9.